The molecular formula is C20H19N3O5S. The summed E-state index contributed by atoms with van der Waals surface area (Å²) in [6, 6.07) is 15.1. The van der Waals surface area contributed by atoms with Crippen molar-refractivity contribution in [2.24, 2.45) is 0 Å². The molecule has 2 aromatic rings. The standard InChI is InChI=1S/C20H19N3O5S/c1-12(18(25)23-20(27)21-13-7-3-2-4-8-13)28-17(24)11-16-19(26)22-14-9-5-6-10-15(14)29-16/h2-10,12,16H,11H2,1H3,(H,22,26)(H2,21,23,25,27). The van der Waals surface area contributed by atoms with E-state index < -0.39 is 29.3 Å². The first-order valence-electron chi connectivity index (χ1n) is 8.85. The van der Waals surface area contributed by atoms with Crippen LogP contribution in [0, 0.1) is 0 Å². The van der Waals surface area contributed by atoms with Crippen molar-refractivity contribution in [3.8, 4) is 0 Å². The molecular weight excluding hydrogens is 394 g/mol. The summed E-state index contributed by atoms with van der Waals surface area (Å²) in [5, 5.41) is 6.69. The number of nitrogens with one attached hydrogen (secondary N) is 3. The van der Waals surface area contributed by atoms with Crippen LogP contribution in [0.5, 0.6) is 0 Å². The van der Waals surface area contributed by atoms with Crippen molar-refractivity contribution < 1.29 is 23.9 Å². The number of urea groups is 1. The predicted octanol–water partition coefficient (Wildman–Crippen LogP) is 2.77. The Hall–Kier alpha value is -3.33. The van der Waals surface area contributed by atoms with E-state index in [2.05, 4.69) is 16.0 Å². The Labute approximate surface area is 171 Å². The quantitative estimate of drug-likeness (QED) is 0.650. The van der Waals surface area contributed by atoms with Crippen LogP contribution in [-0.4, -0.2) is 35.2 Å². The molecule has 150 valence electrons. The molecule has 0 fully saturated rings. The van der Waals surface area contributed by atoms with Gasteiger partial charge in [0.15, 0.2) is 6.10 Å². The molecule has 2 aromatic carbocycles. The minimum absolute atomic E-state index is 0.196. The fraction of sp³-hybridized carbons (Fsp3) is 0.200. The third-order valence-corrected chi connectivity index (χ3v) is 5.28. The number of hydrogen-bond acceptors (Lipinski definition) is 6. The van der Waals surface area contributed by atoms with E-state index in [1.165, 1.54) is 18.7 Å². The van der Waals surface area contributed by atoms with Gasteiger partial charge in [0.25, 0.3) is 5.91 Å². The summed E-state index contributed by atoms with van der Waals surface area (Å²) in [6.45, 7) is 1.35. The zero-order valence-corrected chi connectivity index (χ0v) is 16.3. The van der Waals surface area contributed by atoms with Gasteiger partial charge in [-0.05, 0) is 31.2 Å². The molecule has 0 radical (unpaired) electrons. The third-order valence-electron chi connectivity index (χ3n) is 4.00. The van der Waals surface area contributed by atoms with E-state index in [1.54, 1.807) is 36.4 Å². The molecule has 2 unspecified atom stereocenters. The molecule has 1 aliphatic heterocycles. The zero-order valence-electron chi connectivity index (χ0n) is 15.5. The van der Waals surface area contributed by atoms with Crippen LogP contribution in [0.2, 0.25) is 0 Å². The summed E-state index contributed by atoms with van der Waals surface area (Å²) in [5.41, 5.74) is 1.22. The monoisotopic (exact) mass is 413 g/mol. The summed E-state index contributed by atoms with van der Waals surface area (Å²) in [5.74, 6) is -1.77. The van der Waals surface area contributed by atoms with Gasteiger partial charge in [0.2, 0.25) is 5.91 Å². The number of ether oxygens (including phenoxy) is 1. The van der Waals surface area contributed by atoms with Gasteiger partial charge in [0.1, 0.15) is 0 Å². The molecule has 2 atom stereocenters. The summed E-state index contributed by atoms with van der Waals surface area (Å²) in [6.07, 6.45) is -1.38. The Morgan fingerprint density at radius 2 is 1.79 bits per heavy atom. The number of esters is 1. The van der Waals surface area contributed by atoms with E-state index in [-0.39, 0.29) is 12.3 Å². The molecule has 0 bridgehead atoms. The lowest BCUT2D eigenvalue weighted by molar-refractivity contribution is -0.154. The first-order chi connectivity index (χ1) is 13.9. The maximum atomic E-state index is 12.2. The number of fused-ring (bicyclic) bond motifs is 1. The van der Waals surface area contributed by atoms with E-state index >= 15 is 0 Å². The number of anilines is 2. The molecule has 1 aliphatic rings. The van der Waals surface area contributed by atoms with Crippen molar-refractivity contribution in [3.05, 3.63) is 54.6 Å². The van der Waals surface area contributed by atoms with Gasteiger partial charge in [-0.2, -0.15) is 0 Å². The Kier molecular flexibility index (Phi) is 6.50. The van der Waals surface area contributed by atoms with E-state index in [0.717, 1.165) is 4.90 Å². The first kappa shape index (κ1) is 20.4. The van der Waals surface area contributed by atoms with Crippen LogP contribution in [0.1, 0.15) is 13.3 Å². The second-order valence-electron chi connectivity index (χ2n) is 6.24. The van der Waals surface area contributed by atoms with Gasteiger partial charge in [0.05, 0.1) is 17.4 Å². The minimum Gasteiger partial charge on any atom is -0.452 e. The van der Waals surface area contributed by atoms with Crippen molar-refractivity contribution >= 4 is 47.0 Å². The molecule has 3 N–H and O–H groups in total. The zero-order chi connectivity index (χ0) is 20.8. The van der Waals surface area contributed by atoms with Crippen LogP contribution in [0.3, 0.4) is 0 Å². The molecule has 4 amide bonds. The summed E-state index contributed by atoms with van der Waals surface area (Å²) in [7, 11) is 0. The van der Waals surface area contributed by atoms with Crippen LogP contribution in [0.4, 0.5) is 16.2 Å². The lowest BCUT2D eigenvalue weighted by Crippen LogP contribution is -2.42. The van der Waals surface area contributed by atoms with Crippen LogP contribution < -0.4 is 16.0 Å². The number of carbonyl (C=O) groups excluding carboxylic acids is 4. The average Bonchev–Trinajstić information content (AvgIpc) is 2.69. The van der Waals surface area contributed by atoms with Gasteiger partial charge in [-0.25, -0.2) is 4.79 Å². The highest BCUT2D eigenvalue weighted by molar-refractivity contribution is 8.01. The Balaban J connectivity index is 1.48. The Morgan fingerprint density at radius 1 is 1.10 bits per heavy atom. The van der Waals surface area contributed by atoms with Crippen molar-refractivity contribution in [2.45, 2.75) is 29.6 Å². The smallest absolute Gasteiger partial charge is 0.325 e. The van der Waals surface area contributed by atoms with Gasteiger partial charge >= 0.3 is 12.0 Å². The molecule has 0 aliphatic carbocycles. The van der Waals surface area contributed by atoms with Gasteiger partial charge in [0, 0.05) is 10.6 Å². The van der Waals surface area contributed by atoms with Crippen LogP contribution in [0.25, 0.3) is 0 Å². The first-order valence-corrected chi connectivity index (χ1v) is 9.73. The van der Waals surface area contributed by atoms with Crippen molar-refractivity contribution in [3.63, 3.8) is 0 Å². The van der Waals surface area contributed by atoms with E-state index in [9.17, 15) is 19.2 Å². The third kappa shape index (κ3) is 5.58. The van der Waals surface area contributed by atoms with E-state index in [1.807, 2.05) is 18.2 Å². The molecule has 0 aromatic heterocycles. The fourth-order valence-electron chi connectivity index (χ4n) is 2.57. The van der Waals surface area contributed by atoms with Crippen molar-refractivity contribution in [1.82, 2.24) is 5.32 Å². The summed E-state index contributed by atoms with van der Waals surface area (Å²) >= 11 is 1.26. The second-order valence-corrected chi connectivity index (χ2v) is 7.48. The Bertz CT molecular complexity index is 935. The van der Waals surface area contributed by atoms with Crippen LogP contribution in [-0.2, 0) is 19.1 Å². The molecule has 0 saturated heterocycles. The Morgan fingerprint density at radius 3 is 2.55 bits per heavy atom. The second kappa shape index (κ2) is 9.24. The summed E-state index contributed by atoms with van der Waals surface area (Å²) < 4.78 is 5.08. The van der Waals surface area contributed by atoms with Gasteiger partial charge in [-0.15, -0.1) is 11.8 Å². The fourth-order valence-corrected chi connectivity index (χ4v) is 3.67. The molecule has 9 heteroatoms. The molecule has 3 rings (SSSR count). The maximum absolute atomic E-state index is 12.2. The number of para-hydroxylation sites is 2. The molecule has 1 heterocycles. The van der Waals surface area contributed by atoms with E-state index in [4.69, 9.17) is 4.74 Å². The number of amides is 4. The largest absolute Gasteiger partial charge is 0.452 e. The number of carbonyl (C=O) groups is 4. The predicted molar refractivity (Wildman–Crippen MR) is 108 cm³/mol. The normalized spacial score (nSPS) is 16.0. The number of imide groups is 1. The van der Waals surface area contributed by atoms with Crippen molar-refractivity contribution in [2.75, 3.05) is 10.6 Å². The highest BCUT2D eigenvalue weighted by atomic mass is 32.2. The molecule has 0 spiro atoms. The number of rotatable bonds is 5. The molecule has 29 heavy (non-hydrogen) atoms. The van der Waals surface area contributed by atoms with E-state index in [0.29, 0.717) is 11.4 Å². The molecule has 8 nitrogen and oxygen atoms in total. The summed E-state index contributed by atoms with van der Waals surface area (Å²) in [4.78, 5) is 49.1. The molecule has 0 saturated carbocycles. The van der Waals surface area contributed by atoms with Gasteiger partial charge < -0.3 is 15.4 Å². The topological polar surface area (TPSA) is 114 Å². The lowest BCUT2D eigenvalue weighted by Gasteiger charge is -2.23. The highest BCUT2D eigenvalue weighted by Gasteiger charge is 2.30. The number of thioether (sulfide) groups is 1. The van der Waals surface area contributed by atoms with Crippen molar-refractivity contribution in [1.29, 1.82) is 0 Å². The number of benzene rings is 2. The van der Waals surface area contributed by atoms with Crippen LogP contribution >= 0.6 is 11.8 Å². The van der Waals surface area contributed by atoms with Gasteiger partial charge in [-0.1, -0.05) is 30.3 Å². The lowest BCUT2D eigenvalue weighted by atomic mass is 10.2. The van der Waals surface area contributed by atoms with Crippen LogP contribution in [0.15, 0.2) is 59.5 Å². The maximum Gasteiger partial charge on any atom is 0.325 e. The SMILES string of the molecule is CC(OC(=O)CC1Sc2ccccc2NC1=O)C(=O)NC(=O)Nc1ccccc1. The average molecular weight is 413 g/mol. The van der Waals surface area contributed by atoms with Gasteiger partial charge in [-0.3, -0.25) is 19.7 Å². The highest BCUT2D eigenvalue weighted by Crippen LogP contribution is 2.36. The number of hydrogen-bond donors (Lipinski definition) is 3. The minimum atomic E-state index is -1.19.